The van der Waals surface area contributed by atoms with E-state index in [0.717, 1.165) is 67.9 Å². The summed E-state index contributed by atoms with van der Waals surface area (Å²) in [7, 11) is 2.18. The molecule has 1 saturated heterocycles. The molecule has 0 amide bonds. The van der Waals surface area contributed by atoms with E-state index in [1.807, 2.05) is 6.20 Å². The number of hydrogen-bond donors (Lipinski definition) is 0. The van der Waals surface area contributed by atoms with Crippen LogP contribution in [0.3, 0.4) is 0 Å². The van der Waals surface area contributed by atoms with E-state index in [1.54, 1.807) is 6.33 Å². The Balaban J connectivity index is 1.39. The predicted molar refractivity (Wildman–Crippen MR) is 131 cm³/mol. The molecule has 5 nitrogen and oxygen atoms in total. The molecular formula is C27H27N5. The summed E-state index contributed by atoms with van der Waals surface area (Å²) < 4.78 is 0. The van der Waals surface area contributed by atoms with Crippen LogP contribution in [0.15, 0.2) is 61.1 Å². The number of aromatic nitrogens is 3. The quantitative estimate of drug-likeness (QED) is 0.623. The van der Waals surface area contributed by atoms with Gasteiger partial charge in [-0.2, -0.15) is 0 Å². The number of fused-ring (bicyclic) bond motifs is 2. The highest BCUT2D eigenvalue weighted by Crippen LogP contribution is 2.36. The molecule has 0 saturated carbocycles. The van der Waals surface area contributed by atoms with Crippen LogP contribution in [-0.2, 0) is 6.42 Å². The van der Waals surface area contributed by atoms with Crippen molar-refractivity contribution in [1.29, 1.82) is 0 Å². The van der Waals surface area contributed by atoms with Gasteiger partial charge in [-0.15, -0.1) is 0 Å². The fourth-order valence-electron chi connectivity index (χ4n) is 4.94. The monoisotopic (exact) mass is 421 g/mol. The lowest BCUT2D eigenvalue weighted by molar-refractivity contribution is 0.312. The summed E-state index contributed by atoms with van der Waals surface area (Å²) in [5, 5.41) is 1.13. The minimum atomic E-state index is 0.883. The first-order valence-electron chi connectivity index (χ1n) is 11.5. The number of anilines is 1. The van der Waals surface area contributed by atoms with Crippen molar-refractivity contribution in [2.75, 3.05) is 38.1 Å². The second-order valence-electron chi connectivity index (χ2n) is 8.90. The third kappa shape index (κ3) is 3.43. The molecule has 3 heterocycles. The van der Waals surface area contributed by atoms with Crippen molar-refractivity contribution < 1.29 is 0 Å². The highest BCUT2D eigenvalue weighted by atomic mass is 15.3. The van der Waals surface area contributed by atoms with Crippen molar-refractivity contribution in [2.24, 2.45) is 0 Å². The molecule has 2 aromatic heterocycles. The van der Waals surface area contributed by atoms with Gasteiger partial charge in [-0.3, -0.25) is 4.98 Å². The third-order valence-corrected chi connectivity index (χ3v) is 6.82. The van der Waals surface area contributed by atoms with E-state index in [-0.39, 0.29) is 0 Å². The smallest absolute Gasteiger partial charge is 0.139 e. The number of hydrogen-bond acceptors (Lipinski definition) is 5. The minimum Gasteiger partial charge on any atom is -0.353 e. The van der Waals surface area contributed by atoms with Crippen LogP contribution in [0.25, 0.3) is 22.0 Å². The van der Waals surface area contributed by atoms with Gasteiger partial charge in [-0.05, 0) is 54.8 Å². The Kier molecular flexibility index (Phi) is 4.84. The van der Waals surface area contributed by atoms with Crippen molar-refractivity contribution in [3.8, 4) is 0 Å². The zero-order valence-electron chi connectivity index (χ0n) is 18.5. The van der Waals surface area contributed by atoms with Gasteiger partial charge in [0, 0.05) is 55.3 Å². The second-order valence-corrected chi connectivity index (χ2v) is 8.90. The molecule has 0 unspecified atom stereocenters. The lowest BCUT2D eigenvalue weighted by Crippen LogP contribution is -2.44. The number of nitrogens with zero attached hydrogens (tertiary/aromatic N) is 5. The molecule has 0 bridgehead atoms. The fraction of sp³-hybridized carbons (Fsp3) is 0.296. The Morgan fingerprint density at radius 1 is 0.875 bits per heavy atom. The summed E-state index contributed by atoms with van der Waals surface area (Å²) in [5.41, 5.74) is 8.38. The summed E-state index contributed by atoms with van der Waals surface area (Å²) in [6, 6.07) is 8.91. The maximum Gasteiger partial charge on any atom is 0.139 e. The van der Waals surface area contributed by atoms with E-state index in [1.165, 1.54) is 27.8 Å². The van der Waals surface area contributed by atoms with E-state index in [9.17, 15) is 0 Å². The maximum absolute atomic E-state index is 4.81. The number of benzene rings is 1. The topological polar surface area (TPSA) is 45.2 Å². The van der Waals surface area contributed by atoms with Gasteiger partial charge in [0.15, 0.2) is 0 Å². The molecule has 0 atom stereocenters. The Morgan fingerprint density at radius 2 is 1.78 bits per heavy atom. The van der Waals surface area contributed by atoms with Crippen molar-refractivity contribution in [2.45, 2.75) is 19.3 Å². The van der Waals surface area contributed by atoms with Gasteiger partial charge in [-0.25, -0.2) is 9.97 Å². The largest absolute Gasteiger partial charge is 0.353 e. The molecule has 32 heavy (non-hydrogen) atoms. The van der Waals surface area contributed by atoms with Crippen LogP contribution in [0.4, 0.5) is 5.82 Å². The van der Waals surface area contributed by atoms with Gasteiger partial charge >= 0.3 is 0 Å². The normalized spacial score (nSPS) is 18.6. The van der Waals surface area contributed by atoms with E-state index in [0.29, 0.717) is 0 Å². The van der Waals surface area contributed by atoms with Gasteiger partial charge in [0.1, 0.15) is 12.1 Å². The van der Waals surface area contributed by atoms with Crippen molar-refractivity contribution >= 4 is 27.9 Å². The minimum absolute atomic E-state index is 0.883. The van der Waals surface area contributed by atoms with Crippen LogP contribution in [-0.4, -0.2) is 53.1 Å². The van der Waals surface area contributed by atoms with Gasteiger partial charge in [0.25, 0.3) is 0 Å². The Hall–Kier alpha value is -3.31. The van der Waals surface area contributed by atoms with E-state index >= 15 is 0 Å². The van der Waals surface area contributed by atoms with Crippen LogP contribution < -0.4 is 4.90 Å². The number of allylic oxidation sites excluding steroid dienone is 5. The highest BCUT2D eigenvalue weighted by Gasteiger charge is 2.21. The average molecular weight is 422 g/mol. The summed E-state index contributed by atoms with van der Waals surface area (Å²) in [5.74, 6) is 1.05. The number of pyridine rings is 1. The van der Waals surface area contributed by atoms with Crippen molar-refractivity contribution in [1.82, 2.24) is 19.9 Å². The molecule has 2 aliphatic carbocycles. The zero-order chi connectivity index (χ0) is 21.5. The Labute approximate surface area is 188 Å². The van der Waals surface area contributed by atoms with Crippen LogP contribution >= 0.6 is 0 Å². The van der Waals surface area contributed by atoms with Gasteiger partial charge in [-0.1, -0.05) is 30.4 Å². The first-order chi connectivity index (χ1) is 15.8. The van der Waals surface area contributed by atoms with Crippen molar-refractivity contribution in [3.05, 3.63) is 83.5 Å². The lowest BCUT2D eigenvalue weighted by atomic mass is 9.95. The molecule has 6 rings (SSSR count). The zero-order valence-corrected chi connectivity index (χ0v) is 18.5. The number of likely N-dealkylation sites (N-methyl/N-ethyl adjacent to an activating group) is 1. The molecule has 1 aliphatic heterocycles. The summed E-state index contributed by atoms with van der Waals surface area (Å²) >= 11 is 0. The van der Waals surface area contributed by atoms with E-state index in [2.05, 4.69) is 70.4 Å². The number of rotatable bonds is 3. The van der Waals surface area contributed by atoms with E-state index in [4.69, 9.17) is 9.97 Å². The maximum atomic E-state index is 4.81. The summed E-state index contributed by atoms with van der Waals surface area (Å²) in [6.07, 6.45) is 15.9. The molecule has 0 radical (unpaired) electrons. The lowest BCUT2D eigenvalue weighted by Gasteiger charge is -2.33. The SMILES string of the molecule is CN1CCN(c2ncnc3ccc(C4=CCc5ncc(C6=CCCC=C6)cc54)cc23)CC1. The van der Waals surface area contributed by atoms with Crippen LogP contribution in [0.1, 0.15) is 35.2 Å². The Bertz CT molecular complexity index is 1280. The molecule has 0 N–H and O–H groups in total. The molecule has 0 spiro atoms. The van der Waals surface area contributed by atoms with Crippen LogP contribution in [0.5, 0.6) is 0 Å². The first kappa shape index (κ1) is 19.4. The molecule has 1 fully saturated rings. The summed E-state index contributed by atoms with van der Waals surface area (Å²) in [6.45, 7) is 4.10. The van der Waals surface area contributed by atoms with Crippen LogP contribution in [0.2, 0.25) is 0 Å². The molecule has 160 valence electrons. The first-order valence-corrected chi connectivity index (χ1v) is 11.5. The predicted octanol–water partition coefficient (Wildman–Crippen LogP) is 4.50. The molecule has 5 heteroatoms. The van der Waals surface area contributed by atoms with Gasteiger partial charge in [0.2, 0.25) is 0 Å². The third-order valence-electron chi connectivity index (χ3n) is 6.82. The molecule has 1 aromatic carbocycles. The van der Waals surface area contributed by atoms with Crippen LogP contribution in [0, 0.1) is 0 Å². The van der Waals surface area contributed by atoms with Gasteiger partial charge in [0.05, 0.1) is 11.2 Å². The highest BCUT2D eigenvalue weighted by molar-refractivity contribution is 5.95. The van der Waals surface area contributed by atoms with E-state index < -0.39 is 0 Å². The fourth-order valence-corrected chi connectivity index (χ4v) is 4.94. The Morgan fingerprint density at radius 3 is 2.62 bits per heavy atom. The molecule has 3 aromatic rings. The molecular weight excluding hydrogens is 394 g/mol. The van der Waals surface area contributed by atoms with Crippen molar-refractivity contribution in [3.63, 3.8) is 0 Å². The average Bonchev–Trinajstić information content (AvgIpc) is 3.28. The van der Waals surface area contributed by atoms with Gasteiger partial charge < -0.3 is 9.80 Å². The number of piperazine rings is 1. The summed E-state index contributed by atoms with van der Waals surface area (Å²) in [4.78, 5) is 18.8. The molecule has 3 aliphatic rings. The standard InChI is InChI=1S/C27H27N5/c1-31-11-13-32(14-12-31)27-24-15-20(7-9-26(24)29-18-30-27)22-8-10-25-23(22)16-21(17-28-25)19-5-3-2-4-6-19/h3,5-9,15-18H,2,4,10-14H2,1H3. The second kappa shape index (κ2) is 7.99.